The van der Waals surface area contributed by atoms with Gasteiger partial charge < -0.3 is 5.73 Å². The summed E-state index contributed by atoms with van der Waals surface area (Å²) in [6, 6.07) is 8.45. The van der Waals surface area contributed by atoms with Crippen LogP contribution < -0.4 is 5.73 Å². The van der Waals surface area contributed by atoms with E-state index in [1.807, 2.05) is 6.92 Å². The van der Waals surface area contributed by atoms with E-state index >= 15 is 0 Å². The lowest BCUT2D eigenvalue weighted by atomic mass is 10.0. The maximum Gasteiger partial charge on any atom is 0.283 e. The average Bonchev–Trinajstić information content (AvgIpc) is 3.08. The fourth-order valence-corrected chi connectivity index (χ4v) is 4.06. The molecule has 1 atom stereocenters. The van der Waals surface area contributed by atoms with E-state index in [-0.39, 0.29) is 16.6 Å². The van der Waals surface area contributed by atoms with Gasteiger partial charge in [-0.05, 0) is 44.7 Å². The summed E-state index contributed by atoms with van der Waals surface area (Å²) in [6.07, 6.45) is 4.99. The molecular formula is C15H18N3O2S. The summed E-state index contributed by atoms with van der Waals surface area (Å²) in [5, 5.41) is 4.02. The third kappa shape index (κ3) is 2.55. The van der Waals surface area contributed by atoms with Gasteiger partial charge in [-0.3, -0.25) is 0 Å². The Hall–Kier alpha value is -1.82. The first-order chi connectivity index (χ1) is 9.98. The van der Waals surface area contributed by atoms with Gasteiger partial charge in [0.1, 0.15) is 5.82 Å². The summed E-state index contributed by atoms with van der Waals surface area (Å²) >= 11 is 0. The number of aromatic nitrogens is 2. The molecule has 0 aliphatic heterocycles. The second kappa shape index (κ2) is 5.18. The Balaban J connectivity index is 2.08. The van der Waals surface area contributed by atoms with Crippen LogP contribution in [0.4, 0.5) is 5.82 Å². The van der Waals surface area contributed by atoms with E-state index in [1.54, 1.807) is 30.3 Å². The SMILES string of the molecule is Cc1ccc(S(=O)(=O)n2nc(N)cc2[C@H]2C[CH]CC2)cc1. The molecule has 1 aliphatic carbocycles. The number of benzene rings is 1. The Morgan fingerprint density at radius 3 is 2.62 bits per heavy atom. The quantitative estimate of drug-likeness (QED) is 0.945. The summed E-state index contributed by atoms with van der Waals surface area (Å²) in [5.41, 5.74) is 7.44. The molecule has 1 aromatic heterocycles. The zero-order valence-electron chi connectivity index (χ0n) is 11.9. The number of nitrogen functional groups attached to an aromatic ring is 1. The van der Waals surface area contributed by atoms with E-state index in [0.717, 1.165) is 28.9 Å². The van der Waals surface area contributed by atoms with Crippen LogP contribution in [0.25, 0.3) is 0 Å². The summed E-state index contributed by atoms with van der Waals surface area (Å²) in [6.45, 7) is 1.92. The molecule has 0 bridgehead atoms. The zero-order chi connectivity index (χ0) is 15.0. The third-order valence-electron chi connectivity index (χ3n) is 3.86. The monoisotopic (exact) mass is 304 g/mol. The number of rotatable bonds is 3. The van der Waals surface area contributed by atoms with Gasteiger partial charge >= 0.3 is 0 Å². The molecule has 3 rings (SSSR count). The molecule has 0 unspecified atom stereocenters. The maximum absolute atomic E-state index is 12.8. The van der Waals surface area contributed by atoms with Crippen molar-refractivity contribution in [3.05, 3.63) is 48.0 Å². The van der Waals surface area contributed by atoms with E-state index in [9.17, 15) is 8.42 Å². The number of nitrogens with zero attached hydrogens (tertiary/aromatic N) is 2. The maximum atomic E-state index is 12.8. The minimum absolute atomic E-state index is 0.176. The van der Waals surface area contributed by atoms with E-state index in [0.29, 0.717) is 5.69 Å². The van der Waals surface area contributed by atoms with Gasteiger partial charge in [0, 0.05) is 12.0 Å². The lowest BCUT2D eigenvalue weighted by Crippen LogP contribution is -2.18. The molecule has 6 heteroatoms. The van der Waals surface area contributed by atoms with Crippen molar-refractivity contribution in [3.63, 3.8) is 0 Å². The van der Waals surface area contributed by atoms with Crippen molar-refractivity contribution in [1.29, 1.82) is 0 Å². The molecule has 1 heterocycles. The first-order valence-electron chi connectivity index (χ1n) is 6.98. The normalized spacial score (nSPS) is 16.4. The number of hydrogen-bond acceptors (Lipinski definition) is 4. The Labute approximate surface area is 124 Å². The van der Waals surface area contributed by atoms with Gasteiger partial charge in [-0.2, -0.15) is 12.5 Å². The molecule has 0 amide bonds. The zero-order valence-corrected chi connectivity index (χ0v) is 12.7. The Bertz CT molecular complexity index is 742. The van der Waals surface area contributed by atoms with Gasteiger partial charge in [0.05, 0.1) is 10.6 Å². The largest absolute Gasteiger partial charge is 0.382 e. The molecule has 0 spiro atoms. The van der Waals surface area contributed by atoms with E-state index in [1.165, 1.54) is 0 Å². The lowest BCUT2D eigenvalue weighted by Gasteiger charge is -2.13. The van der Waals surface area contributed by atoms with Gasteiger partial charge in [0.2, 0.25) is 0 Å². The summed E-state index contributed by atoms with van der Waals surface area (Å²) in [4.78, 5) is 0.236. The summed E-state index contributed by atoms with van der Waals surface area (Å²) in [7, 11) is -3.69. The molecule has 0 saturated heterocycles. The Morgan fingerprint density at radius 2 is 2.00 bits per heavy atom. The minimum atomic E-state index is -3.69. The molecule has 1 radical (unpaired) electrons. The van der Waals surface area contributed by atoms with Crippen LogP contribution in [-0.2, 0) is 10.0 Å². The van der Waals surface area contributed by atoms with Gasteiger partial charge in [-0.1, -0.05) is 17.7 Å². The number of nitrogens with two attached hydrogens (primary N) is 1. The lowest BCUT2D eigenvalue weighted by molar-refractivity contribution is 0.569. The fourth-order valence-electron chi connectivity index (χ4n) is 2.70. The predicted molar refractivity (Wildman–Crippen MR) is 81.3 cm³/mol. The van der Waals surface area contributed by atoms with Gasteiger partial charge in [-0.25, -0.2) is 0 Å². The third-order valence-corrected chi connectivity index (χ3v) is 5.47. The van der Waals surface area contributed by atoms with Crippen molar-refractivity contribution in [3.8, 4) is 0 Å². The second-order valence-corrected chi connectivity index (χ2v) is 7.22. The highest BCUT2D eigenvalue weighted by Crippen LogP contribution is 2.35. The number of aryl methyl sites for hydroxylation is 1. The number of hydrogen-bond donors (Lipinski definition) is 1. The molecule has 1 fully saturated rings. The highest BCUT2D eigenvalue weighted by molar-refractivity contribution is 7.89. The van der Waals surface area contributed by atoms with Crippen LogP contribution in [0.5, 0.6) is 0 Å². The highest BCUT2D eigenvalue weighted by Gasteiger charge is 2.28. The Kier molecular flexibility index (Phi) is 3.49. The van der Waals surface area contributed by atoms with Crippen LogP contribution in [-0.4, -0.2) is 17.6 Å². The van der Waals surface area contributed by atoms with Gasteiger partial charge in [-0.15, -0.1) is 5.10 Å². The molecule has 111 valence electrons. The molecule has 1 aromatic carbocycles. The van der Waals surface area contributed by atoms with Crippen LogP contribution >= 0.6 is 0 Å². The van der Waals surface area contributed by atoms with Gasteiger partial charge in [0.25, 0.3) is 10.0 Å². The van der Waals surface area contributed by atoms with Crippen molar-refractivity contribution >= 4 is 15.8 Å². The van der Waals surface area contributed by atoms with Crippen LogP contribution in [0, 0.1) is 13.3 Å². The molecule has 2 aromatic rings. The first-order valence-corrected chi connectivity index (χ1v) is 8.42. The Morgan fingerprint density at radius 1 is 1.29 bits per heavy atom. The first kappa shape index (κ1) is 14.1. The second-order valence-electron chi connectivity index (χ2n) is 5.45. The molecule has 21 heavy (non-hydrogen) atoms. The average molecular weight is 304 g/mol. The van der Waals surface area contributed by atoms with Crippen molar-refractivity contribution in [2.24, 2.45) is 0 Å². The fraction of sp³-hybridized carbons (Fsp3) is 0.333. The van der Waals surface area contributed by atoms with Crippen LogP contribution in [0.1, 0.15) is 36.4 Å². The topological polar surface area (TPSA) is 78.0 Å². The molecule has 1 saturated carbocycles. The van der Waals surface area contributed by atoms with Crippen molar-refractivity contribution in [2.75, 3.05) is 5.73 Å². The van der Waals surface area contributed by atoms with Crippen molar-refractivity contribution < 1.29 is 8.42 Å². The van der Waals surface area contributed by atoms with Crippen LogP contribution in [0.3, 0.4) is 0 Å². The molecule has 1 aliphatic rings. The predicted octanol–water partition coefficient (Wildman–Crippen LogP) is 2.48. The summed E-state index contributed by atoms with van der Waals surface area (Å²) in [5.74, 6) is 0.419. The molecule has 2 N–H and O–H groups in total. The van der Waals surface area contributed by atoms with Crippen LogP contribution in [0.2, 0.25) is 0 Å². The van der Waals surface area contributed by atoms with Crippen molar-refractivity contribution in [2.45, 2.75) is 37.0 Å². The van der Waals surface area contributed by atoms with E-state index in [4.69, 9.17) is 5.73 Å². The smallest absolute Gasteiger partial charge is 0.283 e. The molecular weight excluding hydrogens is 286 g/mol. The van der Waals surface area contributed by atoms with E-state index in [2.05, 4.69) is 11.5 Å². The standard InChI is InChI=1S/C15H18N3O2S/c1-11-6-8-13(9-7-11)21(19,20)18-14(10-15(16)17-18)12-4-2-3-5-12/h2,6-10,12H,3-5H2,1H3,(H2,16,17)/t12-/m0/s1. The minimum Gasteiger partial charge on any atom is -0.382 e. The van der Waals surface area contributed by atoms with Crippen molar-refractivity contribution in [1.82, 2.24) is 9.19 Å². The van der Waals surface area contributed by atoms with Crippen LogP contribution in [0.15, 0.2) is 35.2 Å². The number of anilines is 1. The highest BCUT2D eigenvalue weighted by atomic mass is 32.2. The summed E-state index contributed by atoms with van der Waals surface area (Å²) < 4.78 is 26.6. The van der Waals surface area contributed by atoms with Gasteiger partial charge in [0.15, 0.2) is 0 Å². The molecule has 5 nitrogen and oxygen atoms in total. The van der Waals surface area contributed by atoms with E-state index < -0.39 is 10.0 Å².